The normalized spacial score (nSPS) is 17.2. The third kappa shape index (κ3) is 3.56. The van der Waals surface area contributed by atoms with Crippen molar-refractivity contribution < 1.29 is 4.79 Å². The number of rotatable bonds is 5. The molecule has 1 aromatic rings. The minimum Gasteiger partial charge on any atom is -0.355 e. The van der Waals surface area contributed by atoms with Crippen LogP contribution in [-0.4, -0.2) is 25.5 Å². The third-order valence-electron chi connectivity index (χ3n) is 3.31. The Bertz CT molecular complexity index is 360. The van der Waals surface area contributed by atoms with Crippen LogP contribution in [0, 0.1) is 5.92 Å². The topological polar surface area (TPSA) is 41.1 Å². The maximum atomic E-state index is 11.6. The van der Waals surface area contributed by atoms with E-state index in [9.17, 15) is 4.79 Å². The van der Waals surface area contributed by atoms with Crippen LogP contribution >= 0.6 is 0 Å². The van der Waals surface area contributed by atoms with Gasteiger partial charge in [-0.3, -0.25) is 4.79 Å². The second-order valence-corrected chi connectivity index (χ2v) is 4.84. The highest BCUT2D eigenvalue weighted by Crippen LogP contribution is 2.13. The highest BCUT2D eigenvalue weighted by atomic mass is 16.1. The fraction of sp³-hybridized carbons (Fsp3) is 0.500. The zero-order chi connectivity index (χ0) is 12.1. The van der Waals surface area contributed by atoms with Crippen LogP contribution in [-0.2, 0) is 4.79 Å². The van der Waals surface area contributed by atoms with Gasteiger partial charge in [0, 0.05) is 13.0 Å². The molecule has 1 aliphatic rings. The van der Waals surface area contributed by atoms with Crippen LogP contribution in [0.3, 0.4) is 0 Å². The average molecular weight is 232 g/mol. The van der Waals surface area contributed by atoms with Gasteiger partial charge in [0.05, 0.1) is 0 Å². The van der Waals surface area contributed by atoms with Gasteiger partial charge in [-0.25, -0.2) is 0 Å². The van der Waals surface area contributed by atoms with Crippen LogP contribution in [0.5, 0.6) is 0 Å². The molecule has 1 heterocycles. The van der Waals surface area contributed by atoms with E-state index in [0.29, 0.717) is 18.3 Å². The molecule has 92 valence electrons. The van der Waals surface area contributed by atoms with E-state index in [-0.39, 0.29) is 5.91 Å². The maximum absolute atomic E-state index is 11.6. The molecule has 3 nitrogen and oxygen atoms in total. The molecule has 1 aliphatic heterocycles. The van der Waals surface area contributed by atoms with Gasteiger partial charge in [-0.15, -0.1) is 0 Å². The average Bonchev–Trinajstić information content (AvgIpc) is 2.32. The summed E-state index contributed by atoms with van der Waals surface area (Å²) in [5.74, 6) is 1.10. The number of carbonyl (C=O) groups excluding carboxylic acids is 1. The SMILES string of the molecule is CC(CNC(=O)CC1CNC1)c1ccccc1. The summed E-state index contributed by atoms with van der Waals surface area (Å²) < 4.78 is 0. The largest absolute Gasteiger partial charge is 0.355 e. The van der Waals surface area contributed by atoms with E-state index in [4.69, 9.17) is 0 Å². The van der Waals surface area contributed by atoms with Gasteiger partial charge in [0.15, 0.2) is 0 Å². The molecule has 0 aromatic heterocycles. The van der Waals surface area contributed by atoms with Gasteiger partial charge in [-0.2, -0.15) is 0 Å². The highest BCUT2D eigenvalue weighted by molar-refractivity contribution is 5.76. The summed E-state index contributed by atoms with van der Waals surface area (Å²) in [6.45, 7) is 4.84. The zero-order valence-corrected chi connectivity index (χ0v) is 10.3. The Balaban J connectivity index is 1.72. The number of benzene rings is 1. The Morgan fingerprint density at radius 1 is 1.41 bits per heavy atom. The van der Waals surface area contributed by atoms with E-state index in [1.54, 1.807) is 0 Å². The Kier molecular flexibility index (Phi) is 4.15. The van der Waals surface area contributed by atoms with Crippen molar-refractivity contribution >= 4 is 5.91 Å². The number of nitrogens with one attached hydrogen (secondary N) is 2. The van der Waals surface area contributed by atoms with Gasteiger partial charge in [-0.05, 0) is 30.5 Å². The number of carbonyl (C=O) groups is 1. The summed E-state index contributed by atoms with van der Waals surface area (Å²) in [4.78, 5) is 11.6. The first kappa shape index (κ1) is 12.1. The summed E-state index contributed by atoms with van der Waals surface area (Å²) >= 11 is 0. The van der Waals surface area contributed by atoms with E-state index in [0.717, 1.165) is 19.6 Å². The molecule has 1 amide bonds. The van der Waals surface area contributed by atoms with Gasteiger partial charge >= 0.3 is 0 Å². The molecule has 1 fully saturated rings. The molecule has 1 aromatic carbocycles. The fourth-order valence-electron chi connectivity index (χ4n) is 1.99. The molecule has 2 N–H and O–H groups in total. The second kappa shape index (κ2) is 5.82. The summed E-state index contributed by atoms with van der Waals surface area (Å²) in [5, 5.41) is 6.19. The van der Waals surface area contributed by atoms with Crippen LogP contribution in [0.25, 0.3) is 0 Å². The maximum Gasteiger partial charge on any atom is 0.220 e. The molecule has 0 radical (unpaired) electrons. The first-order chi connectivity index (χ1) is 8.25. The lowest BCUT2D eigenvalue weighted by Crippen LogP contribution is -2.44. The summed E-state index contributed by atoms with van der Waals surface area (Å²) in [6.07, 6.45) is 0.661. The van der Waals surface area contributed by atoms with Gasteiger partial charge < -0.3 is 10.6 Å². The first-order valence-electron chi connectivity index (χ1n) is 6.28. The molecule has 0 spiro atoms. The smallest absolute Gasteiger partial charge is 0.220 e. The van der Waals surface area contributed by atoms with Crippen LogP contribution in [0.15, 0.2) is 30.3 Å². The Hall–Kier alpha value is -1.35. The van der Waals surface area contributed by atoms with Gasteiger partial charge in [0.2, 0.25) is 5.91 Å². The lowest BCUT2D eigenvalue weighted by Gasteiger charge is -2.26. The van der Waals surface area contributed by atoms with Crippen molar-refractivity contribution in [2.24, 2.45) is 5.92 Å². The van der Waals surface area contributed by atoms with E-state index >= 15 is 0 Å². The summed E-state index contributed by atoms with van der Waals surface area (Å²) in [6, 6.07) is 10.3. The molecule has 1 atom stereocenters. The van der Waals surface area contributed by atoms with Gasteiger partial charge in [-0.1, -0.05) is 37.3 Å². The predicted molar refractivity (Wildman–Crippen MR) is 68.8 cm³/mol. The third-order valence-corrected chi connectivity index (χ3v) is 3.31. The minimum atomic E-state index is 0.180. The van der Waals surface area contributed by atoms with E-state index < -0.39 is 0 Å². The number of amides is 1. The Labute approximate surface area is 103 Å². The lowest BCUT2D eigenvalue weighted by molar-refractivity contribution is -0.122. The first-order valence-corrected chi connectivity index (χ1v) is 6.28. The van der Waals surface area contributed by atoms with Crippen molar-refractivity contribution in [3.05, 3.63) is 35.9 Å². The van der Waals surface area contributed by atoms with Crippen LogP contribution in [0.1, 0.15) is 24.8 Å². The Morgan fingerprint density at radius 2 is 2.12 bits per heavy atom. The molecule has 17 heavy (non-hydrogen) atoms. The van der Waals surface area contributed by atoms with Crippen molar-refractivity contribution in [3.8, 4) is 0 Å². The van der Waals surface area contributed by atoms with Crippen molar-refractivity contribution in [2.75, 3.05) is 19.6 Å². The zero-order valence-electron chi connectivity index (χ0n) is 10.3. The fourth-order valence-corrected chi connectivity index (χ4v) is 1.99. The van der Waals surface area contributed by atoms with E-state index in [1.165, 1.54) is 5.56 Å². The molecular formula is C14H20N2O. The molecule has 1 saturated heterocycles. The molecule has 0 aliphatic carbocycles. The molecule has 3 heteroatoms. The molecular weight excluding hydrogens is 212 g/mol. The molecule has 0 bridgehead atoms. The van der Waals surface area contributed by atoms with Gasteiger partial charge in [0.1, 0.15) is 0 Å². The Morgan fingerprint density at radius 3 is 2.71 bits per heavy atom. The number of hydrogen-bond donors (Lipinski definition) is 2. The summed E-state index contributed by atoms with van der Waals surface area (Å²) in [7, 11) is 0. The quantitative estimate of drug-likeness (QED) is 0.808. The lowest BCUT2D eigenvalue weighted by atomic mass is 9.98. The van der Waals surface area contributed by atoms with Crippen LogP contribution in [0.4, 0.5) is 0 Å². The van der Waals surface area contributed by atoms with Crippen molar-refractivity contribution in [1.82, 2.24) is 10.6 Å². The predicted octanol–water partition coefficient (Wildman–Crippen LogP) is 1.52. The van der Waals surface area contributed by atoms with E-state index in [1.807, 2.05) is 18.2 Å². The summed E-state index contributed by atoms with van der Waals surface area (Å²) in [5.41, 5.74) is 1.28. The second-order valence-electron chi connectivity index (χ2n) is 4.84. The number of hydrogen-bond acceptors (Lipinski definition) is 2. The molecule has 2 rings (SSSR count). The van der Waals surface area contributed by atoms with Gasteiger partial charge in [0.25, 0.3) is 0 Å². The van der Waals surface area contributed by atoms with Crippen molar-refractivity contribution in [3.63, 3.8) is 0 Å². The molecule has 0 saturated carbocycles. The van der Waals surface area contributed by atoms with Crippen molar-refractivity contribution in [2.45, 2.75) is 19.3 Å². The molecule has 1 unspecified atom stereocenters. The monoisotopic (exact) mass is 232 g/mol. The van der Waals surface area contributed by atoms with Crippen LogP contribution < -0.4 is 10.6 Å². The minimum absolute atomic E-state index is 0.180. The van der Waals surface area contributed by atoms with Crippen LogP contribution in [0.2, 0.25) is 0 Å². The standard InChI is InChI=1S/C14H20N2O/c1-11(13-5-3-2-4-6-13)8-16-14(17)7-12-9-15-10-12/h2-6,11-12,15H,7-10H2,1H3,(H,16,17). The van der Waals surface area contributed by atoms with Crippen molar-refractivity contribution in [1.29, 1.82) is 0 Å². The highest BCUT2D eigenvalue weighted by Gasteiger charge is 2.20. The van der Waals surface area contributed by atoms with E-state index in [2.05, 4.69) is 29.7 Å².